The van der Waals surface area contributed by atoms with Crippen LogP contribution in [0.25, 0.3) is 0 Å². The summed E-state index contributed by atoms with van der Waals surface area (Å²) in [6, 6.07) is 0.0664. The van der Waals surface area contributed by atoms with Gasteiger partial charge in [-0.2, -0.15) is 0 Å². The van der Waals surface area contributed by atoms with Gasteiger partial charge in [-0.1, -0.05) is 0 Å². The van der Waals surface area contributed by atoms with E-state index in [1.54, 1.807) is 13.2 Å². The zero-order valence-electron chi connectivity index (χ0n) is 14.9. The molecule has 2 amide bonds. The Morgan fingerprint density at radius 2 is 2.12 bits per heavy atom. The number of ether oxygens (including phenoxy) is 2. The maximum absolute atomic E-state index is 13.6. The Bertz CT molecular complexity index is 623. The second-order valence-corrected chi connectivity index (χ2v) is 7.04. The van der Waals surface area contributed by atoms with Crippen LogP contribution in [0.15, 0.2) is 18.5 Å². The number of amides is 2. The third-order valence-electron chi connectivity index (χ3n) is 4.99. The normalized spacial score (nSPS) is 23.0. The highest BCUT2D eigenvalue weighted by Crippen LogP contribution is 2.26. The number of halogens is 2. The first-order chi connectivity index (χ1) is 12.5. The van der Waals surface area contributed by atoms with Crippen LogP contribution in [0.5, 0.6) is 0 Å². The molecule has 0 radical (unpaired) electrons. The van der Waals surface area contributed by atoms with E-state index in [2.05, 4.69) is 10.3 Å². The van der Waals surface area contributed by atoms with Crippen LogP contribution in [0.2, 0.25) is 0 Å². The monoisotopic (exact) mass is 369 g/mol. The molecule has 3 rings (SSSR count). The van der Waals surface area contributed by atoms with Crippen molar-refractivity contribution in [3.63, 3.8) is 0 Å². The highest BCUT2D eigenvalue weighted by molar-refractivity contribution is 5.74. The van der Waals surface area contributed by atoms with Gasteiger partial charge < -0.3 is 19.7 Å². The zero-order chi connectivity index (χ0) is 18.6. The molecule has 2 saturated heterocycles. The van der Waals surface area contributed by atoms with E-state index in [1.165, 1.54) is 4.90 Å². The highest BCUT2D eigenvalue weighted by Gasteiger charge is 2.46. The molecule has 2 aliphatic heterocycles. The summed E-state index contributed by atoms with van der Waals surface area (Å²) >= 11 is 0. The van der Waals surface area contributed by atoms with Crippen LogP contribution < -0.4 is 5.32 Å². The predicted molar refractivity (Wildman–Crippen MR) is 91.0 cm³/mol. The molecule has 1 aromatic rings. The maximum Gasteiger partial charge on any atom is 0.317 e. The Balaban J connectivity index is 1.59. The first kappa shape index (κ1) is 19.0. The lowest BCUT2D eigenvalue weighted by Crippen LogP contribution is -2.50. The van der Waals surface area contributed by atoms with Crippen molar-refractivity contribution in [1.82, 2.24) is 15.2 Å². The van der Waals surface area contributed by atoms with Gasteiger partial charge in [-0.15, -0.1) is 0 Å². The van der Waals surface area contributed by atoms with Crippen LogP contribution in [0.4, 0.5) is 13.6 Å². The van der Waals surface area contributed by atoms with Crippen molar-refractivity contribution < 1.29 is 23.0 Å². The minimum absolute atomic E-state index is 0.170. The van der Waals surface area contributed by atoms with Gasteiger partial charge in [-0.3, -0.25) is 4.98 Å². The van der Waals surface area contributed by atoms with Crippen molar-refractivity contribution in [2.45, 2.75) is 37.8 Å². The number of nitrogens with zero attached hydrogens (tertiary/aromatic N) is 2. The molecule has 2 aliphatic rings. The first-order valence-corrected chi connectivity index (χ1v) is 8.92. The number of aromatic nitrogens is 1. The van der Waals surface area contributed by atoms with Gasteiger partial charge >= 0.3 is 6.03 Å². The Kier molecular flexibility index (Phi) is 6.03. The number of hydrogen-bond donors (Lipinski definition) is 1. The van der Waals surface area contributed by atoms with E-state index >= 15 is 0 Å². The Morgan fingerprint density at radius 3 is 2.81 bits per heavy atom. The van der Waals surface area contributed by atoms with Crippen LogP contribution in [0, 0.1) is 5.92 Å². The van der Waals surface area contributed by atoms with Crippen molar-refractivity contribution in [2.75, 3.05) is 33.5 Å². The second-order valence-electron chi connectivity index (χ2n) is 7.04. The third-order valence-corrected chi connectivity index (χ3v) is 4.99. The maximum atomic E-state index is 13.6. The number of urea groups is 1. The molecule has 1 aromatic heterocycles. The number of carbonyl (C=O) groups excluding carboxylic acids is 1. The molecule has 1 N–H and O–H groups in total. The molecule has 3 heterocycles. The van der Waals surface area contributed by atoms with E-state index in [4.69, 9.17) is 9.47 Å². The standard InChI is InChI=1S/C18H25F2N3O3/c1-23(17(24)22-16-11-26-12-18(16,19)20)10-14-2-5-21-9-15(14)8-13-3-6-25-7-4-13/h2,5,9,13,16H,3-4,6-8,10-12H2,1H3,(H,22,24)/t16-/m1/s1. The molecule has 0 spiro atoms. The Morgan fingerprint density at radius 1 is 1.35 bits per heavy atom. The lowest BCUT2D eigenvalue weighted by Gasteiger charge is -2.25. The molecule has 0 bridgehead atoms. The topological polar surface area (TPSA) is 63.7 Å². The van der Waals surface area contributed by atoms with Gasteiger partial charge in [0.05, 0.1) is 6.61 Å². The van der Waals surface area contributed by atoms with Crippen LogP contribution in [-0.2, 0) is 22.4 Å². The summed E-state index contributed by atoms with van der Waals surface area (Å²) in [6.45, 7) is 1.07. The fourth-order valence-corrected chi connectivity index (χ4v) is 3.32. The van der Waals surface area contributed by atoms with Gasteiger partial charge in [0.15, 0.2) is 0 Å². The van der Waals surface area contributed by atoms with E-state index in [0.29, 0.717) is 12.5 Å². The number of nitrogens with one attached hydrogen (secondary N) is 1. The van der Waals surface area contributed by atoms with Gasteiger partial charge in [0.2, 0.25) is 0 Å². The second kappa shape index (κ2) is 8.26. The quantitative estimate of drug-likeness (QED) is 0.865. The summed E-state index contributed by atoms with van der Waals surface area (Å²) in [6.07, 6.45) is 6.43. The Hall–Kier alpha value is -1.80. The molecule has 0 unspecified atom stereocenters. The predicted octanol–water partition coefficient (Wildman–Crippen LogP) is 2.23. The van der Waals surface area contributed by atoms with Crippen LogP contribution in [0.1, 0.15) is 24.0 Å². The van der Waals surface area contributed by atoms with Crippen LogP contribution in [0.3, 0.4) is 0 Å². The molecule has 0 aromatic carbocycles. The lowest BCUT2D eigenvalue weighted by atomic mass is 9.91. The molecule has 1 atom stereocenters. The highest BCUT2D eigenvalue weighted by atomic mass is 19.3. The largest absolute Gasteiger partial charge is 0.381 e. The van der Waals surface area contributed by atoms with Crippen molar-refractivity contribution in [2.24, 2.45) is 5.92 Å². The Labute approximate surface area is 151 Å². The smallest absolute Gasteiger partial charge is 0.317 e. The average molecular weight is 369 g/mol. The van der Waals surface area contributed by atoms with Crippen molar-refractivity contribution >= 4 is 6.03 Å². The summed E-state index contributed by atoms with van der Waals surface area (Å²) < 4.78 is 37.4. The minimum atomic E-state index is -3.03. The minimum Gasteiger partial charge on any atom is -0.381 e. The number of alkyl halides is 2. The summed E-state index contributed by atoms with van der Waals surface area (Å²) in [5.41, 5.74) is 2.08. The van der Waals surface area contributed by atoms with E-state index in [0.717, 1.165) is 43.6 Å². The van der Waals surface area contributed by atoms with Crippen LogP contribution in [-0.4, -0.2) is 61.4 Å². The molecule has 0 saturated carbocycles. The zero-order valence-corrected chi connectivity index (χ0v) is 14.9. The number of hydrogen-bond acceptors (Lipinski definition) is 4. The number of pyridine rings is 1. The van der Waals surface area contributed by atoms with E-state index in [9.17, 15) is 13.6 Å². The van der Waals surface area contributed by atoms with E-state index in [1.807, 2.05) is 12.3 Å². The van der Waals surface area contributed by atoms with Gasteiger partial charge in [0.25, 0.3) is 5.92 Å². The third kappa shape index (κ3) is 4.67. The molecule has 2 fully saturated rings. The summed E-state index contributed by atoms with van der Waals surface area (Å²) in [5.74, 6) is -2.48. The molecule has 6 nitrogen and oxygen atoms in total. The fourth-order valence-electron chi connectivity index (χ4n) is 3.32. The van der Waals surface area contributed by atoms with E-state index in [-0.39, 0.29) is 6.61 Å². The molecule has 26 heavy (non-hydrogen) atoms. The summed E-state index contributed by atoms with van der Waals surface area (Å²) in [4.78, 5) is 17.9. The lowest BCUT2D eigenvalue weighted by molar-refractivity contribution is -0.0222. The van der Waals surface area contributed by atoms with Gasteiger partial charge in [-0.05, 0) is 42.4 Å². The van der Waals surface area contributed by atoms with Gasteiger partial charge in [0, 0.05) is 39.2 Å². The van der Waals surface area contributed by atoms with Crippen molar-refractivity contribution in [3.05, 3.63) is 29.6 Å². The molecular formula is C18H25F2N3O3. The van der Waals surface area contributed by atoms with Gasteiger partial charge in [0.1, 0.15) is 12.6 Å². The average Bonchev–Trinajstić information content (AvgIpc) is 2.95. The SMILES string of the molecule is CN(Cc1ccncc1CC1CCOCC1)C(=O)N[C@@H]1COCC1(F)F. The molecule has 8 heteroatoms. The molecule has 0 aliphatic carbocycles. The molecule has 144 valence electrons. The van der Waals surface area contributed by atoms with Crippen LogP contribution >= 0.6 is 0 Å². The first-order valence-electron chi connectivity index (χ1n) is 8.92. The fraction of sp³-hybridized carbons (Fsp3) is 0.667. The summed E-state index contributed by atoms with van der Waals surface area (Å²) in [7, 11) is 1.60. The van der Waals surface area contributed by atoms with E-state index < -0.39 is 24.6 Å². The number of carbonyl (C=O) groups is 1. The van der Waals surface area contributed by atoms with Gasteiger partial charge in [-0.25, -0.2) is 13.6 Å². The molecular weight excluding hydrogens is 344 g/mol. The summed E-state index contributed by atoms with van der Waals surface area (Å²) in [5, 5.41) is 2.37. The van der Waals surface area contributed by atoms with Crippen molar-refractivity contribution in [3.8, 4) is 0 Å². The van der Waals surface area contributed by atoms with Crippen molar-refractivity contribution in [1.29, 1.82) is 0 Å². The number of rotatable bonds is 5.